The Morgan fingerprint density at radius 3 is 1.94 bits per heavy atom. The van der Waals surface area contributed by atoms with Gasteiger partial charge in [0.2, 0.25) is 11.6 Å². The van der Waals surface area contributed by atoms with Crippen LogP contribution in [0.2, 0.25) is 0 Å². The molecule has 0 fully saturated rings. The summed E-state index contributed by atoms with van der Waals surface area (Å²) in [6.45, 7) is 0. The number of esters is 1. The Kier molecular flexibility index (Phi) is 6.47. The maximum Gasteiger partial charge on any atom is 0.363 e. The second-order valence-electron chi connectivity index (χ2n) is 6.27. The molecule has 0 bridgehead atoms. The van der Waals surface area contributed by atoms with Crippen LogP contribution in [0.15, 0.2) is 35.0 Å². The maximum atomic E-state index is 12.4. The summed E-state index contributed by atoms with van der Waals surface area (Å²) < 4.78 is 31.5. The van der Waals surface area contributed by atoms with E-state index < -0.39 is 10.9 Å². The van der Waals surface area contributed by atoms with Gasteiger partial charge in [0.05, 0.1) is 52.1 Å². The fraction of sp³-hybridized carbons (Fsp3) is 0.238. The van der Waals surface area contributed by atoms with Crippen molar-refractivity contribution in [1.82, 2.24) is 0 Å². The van der Waals surface area contributed by atoms with Crippen molar-refractivity contribution in [3.8, 4) is 28.7 Å². The number of methoxy groups -OCH3 is 5. The zero-order valence-electron chi connectivity index (χ0n) is 18.0. The number of carbonyl (C=O) groups excluding carboxylic acids is 1. The Bertz CT molecular complexity index is 1110. The van der Waals surface area contributed by atoms with Gasteiger partial charge in [-0.05, 0) is 24.3 Å². The predicted molar refractivity (Wildman–Crippen MR) is 113 cm³/mol. The lowest BCUT2D eigenvalue weighted by molar-refractivity contribution is -0.385. The minimum absolute atomic E-state index is 0.0244. The summed E-state index contributed by atoms with van der Waals surface area (Å²) in [5.74, 6) is 0.672. The van der Waals surface area contributed by atoms with Gasteiger partial charge in [-0.2, -0.15) is 0 Å². The van der Waals surface area contributed by atoms with Crippen LogP contribution in [0, 0.1) is 10.1 Å². The third kappa shape index (κ3) is 4.13. The summed E-state index contributed by atoms with van der Waals surface area (Å²) in [5.41, 5.74) is 0.0519. The molecule has 11 nitrogen and oxygen atoms in total. The van der Waals surface area contributed by atoms with E-state index in [1.54, 1.807) is 12.1 Å². The number of aliphatic imine (C=N–C) groups is 1. The minimum Gasteiger partial charge on any atom is -0.493 e. The van der Waals surface area contributed by atoms with Gasteiger partial charge in [0.1, 0.15) is 0 Å². The highest BCUT2D eigenvalue weighted by Gasteiger charge is 2.28. The Balaban J connectivity index is 2.10. The number of carbonyl (C=O) groups is 1. The average molecular weight is 444 g/mol. The summed E-state index contributed by atoms with van der Waals surface area (Å²) in [7, 11) is 7.12. The van der Waals surface area contributed by atoms with Crippen molar-refractivity contribution in [3.05, 3.63) is 51.2 Å². The number of hydrogen-bond donors (Lipinski definition) is 0. The molecule has 0 N–H and O–H groups in total. The molecule has 0 aromatic heterocycles. The van der Waals surface area contributed by atoms with Gasteiger partial charge in [0, 0.05) is 5.56 Å². The van der Waals surface area contributed by atoms with Gasteiger partial charge >= 0.3 is 5.97 Å². The Labute approximate surface area is 182 Å². The van der Waals surface area contributed by atoms with Crippen molar-refractivity contribution in [1.29, 1.82) is 0 Å². The van der Waals surface area contributed by atoms with Gasteiger partial charge in [-0.1, -0.05) is 0 Å². The van der Waals surface area contributed by atoms with E-state index in [2.05, 4.69) is 4.99 Å². The summed E-state index contributed by atoms with van der Waals surface area (Å²) in [6, 6.07) is 5.71. The Hall–Kier alpha value is -4.28. The lowest BCUT2D eigenvalue weighted by Gasteiger charge is -2.13. The third-order valence-corrected chi connectivity index (χ3v) is 4.55. The molecule has 0 spiro atoms. The Morgan fingerprint density at radius 1 is 0.875 bits per heavy atom. The van der Waals surface area contributed by atoms with Crippen molar-refractivity contribution < 1.29 is 38.1 Å². The number of nitro groups is 1. The molecule has 32 heavy (non-hydrogen) atoms. The van der Waals surface area contributed by atoms with Crippen LogP contribution in [-0.4, -0.2) is 52.3 Å². The van der Waals surface area contributed by atoms with Gasteiger partial charge in [0.15, 0.2) is 28.7 Å². The number of rotatable bonds is 8. The highest BCUT2D eigenvalue weighted by atomic mass is 16.6. The number of nitrogens with zero attached hydrogens (tertiary/aromatic N) is 2. The van der Waals surface area contributed by atoms with E-state index in [1.807, 2.05) is 0 Å². The number of ether oxygens (including phenoxy) is 6. The molecule has 1 aliphatic rings. The van der Waals surface area contributed by atoms with Crippen LogP contribution in [0.5, 0.6) is 28.7 Å². The van der Waals surface area contributed by atoms with Crippen molar-refractivity contribution in [2.45, 2.75) is 0 Å². The van der Waals surface area contributed by atoms with Gasteiger partial charge in [-0.15, -0.1) is 0 Å². The molecule has 0 atom stereocenters. The van der Waals surface area contributed by atoms with E-state index in [-0.39, 0.29) is 34.3 Å². The van der Waals surface area contributed by atoms with E-state index in [4.69, 9.17) is 28.4 Å². The summed E-state index contributed by atoms with van der Waals surface area (Å²) in [4.78, 5) is 27.6. The highest BCUT2D eigenvalue weighted by Crippen LogP contribution is 2.39. The van der Waals surface area contributed by atoms with Crippen LogP contribution in [0.4, 0.5) is 5.69 Å². The number of cyclic esters (lactones) is 1. The molecule has 0 aliphatic carbocycles. The molecule has 1 aliphatic heterocycles. The molecule has 11 heteroatoms. The van der Waals surface area contributed by atoms with Gasteiger partial charge in [-0.25, -0.2) is 9.79 Å². The molecule has 2 aromatic rings. The zero-order valence-corrected chi connectivity index (χ0v) is 18.0. The van der Waals surface area contributed by atoms with Crippen LogP contribution in [0.25, 0.3) is 6.08 Å². The molecule has 1 heterocycles. The van der Waals surface area contributed by atoms with Crippen LogP contribution >= 0.6 is 0 Å². The first-order chi connectivity index (χ1) is 15.4. The maximum absolute atomic E-state index is 12.4. The molecule has 0 saturated heterocycles. The van der Waals surface area contributed by atoms with E-state index in [9.17, 15) is 14.9 Å². The standard InChI is InChI=1S/C21H20N2O9/c1-27-15-7-11(14(23(25)26)10-16(15)28-2)6-13-21(24)32-20(22-13)12-8-17(29-3)19(31-5)18(9-12)30-4/h6-10H,1-5H3/b13-6-. The summed E-state index contributed by atoms with van der Waals surface area (Å²) >= 11 is 0. The normalized spacial score (nSPS) is 14.0. The van der Waals surface area contributed by atoms with Crippen molar-refractivity contribution >= 4 is 23.6 Å². The number of benzene rings is 2. The molecule has 3 rings (SSSR count). The van der Waals surface area contributed by atoms with Crippen LogP contribution in [0.3, 0.4) is 0 Å². The van der Waals surface area contributed by atoms with Gasteiger partial charge in [0.25, 0.3) is 5.69 Å². The fourth-order valence-corrected chi connectivity index (χ4v) is 3.04. The van der Waals surface area contributed by atoms with E-state index in [1.165, 1.54) is 53.8 Å². The number of hydrogen-bond acceptors (Lipinski definition) is 10. The molecule has 2 aromatic carbocycles. The van der Waals surface area contributed by atoms with Crippen LogP contribution < -0.4 is 23.7 Å². The first-order valence-corrected chi connectivity index (χ1v) is 9.10. The third-order valence-electron chi connectivity index (χ3n) is 4.55. The molecule has 0 saturated carbocycles. The second-order valence-corrected chi connectivity index (χ2v) is 6.27. The SMILES string of the molecule is COc1cc(/C=C2\N=C(c3cc(OC)c(OC)c(OC)c3)OC2=O)c([N+](=O)[O-])cc1OC. The average Bonchev–Trinajstić information content (AvgIpc) is 3.17. The van der Waals surface area contributed by atoms with E-state index in [0.29, 0.717) is 22.8 Å². The van der Waals surface area contributed by atoms with E-state index >= 15 is 0 Å². The predicted octanol–water partition coefficient (Wildman–Crippen LogP) is 2.98. The lowest BCUT2D eigenvalue weighted by atomic mass is 10.1. The molecular formula is C21H20N2O9. The summed E-state index contributed by atoms with van der Waals surface area (Å²) in [5, 5.41) is 11.5. The first kappa shape index (κ1) is 22.4. The van der Waals surface area contributed by atoms with Crippen LogP contribution in [-0.2, 0) is 9.53 Å². The largest absolute Gasteiger partial charge is 0.493 e. The second kappa shape index (κ2) is 9.25. The lowest BCUT2D eigenvalue weighted by Crippen LogP contribution is -2.07. The molecule has 0 unspecified atom stereocenters. The van der Waals surface area contributed by atoms with Gasteiger partial charge < -0.3 is 28.4 Å². The molecule has 168 valence electrons. The van der Waals surface area contributed by atoms with Crippen LogP contribution in [0.1, 0.15) is 11.1 Å². The van der Waals surface area contributed by atoms with Crippen molar-refractivity contribution in [3.63, 3.8) is 0 Å². The molecule has 0 radical (unpaired) electrons. The molecular weight excluding hydrogens is 424 g/mol. The topological polar surface area (TPSA) is 128 Å². The summed E-state index contributed by atoms with van der Waals surface area (Å²) in [6.07, 6.45) is 1.24. The van der Waals surface area contributed by atoms with E-state index in [0.717, 1.165) is 0 Å². The molecule has 0 amide bonds. The van der Waals surface area contributed by atoms with Crippen molar-refractivity contribution in [2.24, 2.45) is 4.99 Å². The van der Waals surface area contributed by atoms with Crippen molar-refractivity contribution in [2.75, 3.05) is 35.5 Å². The highest BCUT2D eigenvalue weighted by molar-refractivity contribution is 6.13. The Morgan fingerprint density at radius 2 is 1.44 bits per heavy atom. The zero-order chi connectivity index (χ0) is 23.4. The quantitative estimate of drug-likeness (QED) is 0.261. The fourth-order valence-electron chi connectivity index (χ4n) is 3.04. The first-order valence-electron chi connectivity index (χ1n) is 9.10. The smallest absolute Gasteiger partial charge is 0.363 e. The number of nitro benzene ring substituents is 1. The monoisotopic (exact) mass is 444 g/mol. The minimum atomic E-state index is -0.780. The van der Waals surface area contributed by atoms with Gasteiger partial charge in [-0.3, -0.25) is 10.1 Å².